The molecule has 0 atom stereocenters. The van der Waals surface area contributed by atoms with Crippen LogP contribution >= 0.6 is 27.3 Å². The van der Waals surface area contributed by atoms with Crippen LogP contribution in [0.5, 0.6) is 5.75 Å². The van der Waals surface area contributed by atoms with Crippen molar-refractivity contribution in [1.29, 1.82) is 0 Å². The van der Waals surface area contributed by atoms with Crippen molar-refractivity contribution in [2.24, 2.45) is 0 Å². The molecule has 0 aliphatic carbocycles. The van der Waals surface area contributed by atoms with E-state index in [4.69, 9.17) is 5.11 Å². The van der Waals surface area contributed by atoms with Crippen molar-refractivity contribution in [3.05, 3.63) is 27.5 Å². The van der Waals surface area contributed by atoms with Crippen LogP contribution in [0, 0.1) is 0 Å². The molecule has 0 aliphatic rings. The minimum Gasteiger partial charge on any atom is -0.505 e. The molecule has 2 rings (SSSR count). The molecule has 1 heterocycles. The first kappa shape index (κ1) is 9.48. The molecule has 0 radical (unpaired) electrons. The van der Waals surface area contributed by atoms with E-state index in [1.807, 2.05) is 0 Å². The lowest BCUT2D eigenvalue weighted by Gasteiger charge is -1.91. The minimum atomic E-state index is -1.10. The molecule has 1 aromatic heterocycles. The van der Waals surface area contributed by atoms with Gasteiger partial charge in [-0.15, -0.1) is 11.3 Å². The zero-order valence-corrected chi connectivity index (χ0v) is 9.22. The Bertz CT molecular complexity index is 518. The second-order valence-corrected chi connectivity index (χ2v) is 4.69. The fraction of sp³-hybridized carbons (Fsp3) is 0. The molecule has 0 saturated carbocycles. The number of benzene rings is 1. The predicted octanol–water partition coefficient (Wildman–Crippen LogP) is 3.07. The number of halogens is 1. The molecule has 1 aromatic carbocycles. The summed E-state index contributed by atoms with van der Waals surface area (Å²) < 4.78 is 1.62. The number of fused-ring (bicyclic) bond motifs is 1. The number of aromatic hydroxyl groups is 1. The highest BCUT2D eigenvalue weighted by atomic mass is 79.9. The van der Waals surface area contributed by atoms with Gasteiger partial charge >= 0.3 is 5.97 Å². The van der Waals surface area contributed by atoms with Crippen molar-refractivity contribution >= 4 is 43.3 Å². The van der Waals surface area contributed by atoms with Gasteiger partial charge in [0.1, 0.15) is 5.75 Å². The van der Waals surface area contributed by atoms with Gasteiger partial charge in [0.05, 0.1) is 0 Å². The number of thiophene rings is 1. The summed E-state index contributed by atoms with van der Waals surface area (Å²) in [6.45, 7) is 0. The van der Waals surface area contributed by atoms with Gasteiger partial charge in [-0.2, -0.15) is 0 Å². The third-order valence-electron chi connectivity index (χ3n) is 1.82. The minimum absolute atomic E-state index is 0.0156. The van der Waals surface area contributed by atoms with Crippen molar-refractivity contribution in [2.45, 2.75) is 0 Å². The zero-order valence-electron chi connectivity index (χ0n) is 6.82. The van der Waals surface area contributed by atoms with Gasteiger partial charge in [0.2, 0.25) is 0 Å². The summed E-state index contributed by atoms with van der Waals surface area (Å²) in [6.07, 6.45) is 0. The van der Waals surface area contributed by atoms with Crippen LogP contribution in [0.25, 0.3) is 10.1 Å². The van der Waals surface area contributed by atoms with Gasteiger partial charge in [-0.25, -0.2) is 4.79 Å². The summed E-state index contributed by atoms with van der Waals surface area (Å²) in [7, 11) is 0. The van der Waals surface area contributed by atoms with Crippen LogP contribution in [0.1, 0.15) is 9.67 Å². The maximum absolute atomic E-state index is 10.7. The highest BCUT2D eigenvalue weighted by molar-refractivity contribution is 9.10. The topological polar surface area (TPSA) is 57.5 Å². The molecular formula is C9H5BrO3S. The Hall–Kier alpha value is -1.07. The molecule has 0 unspecified atom stereocenters. The molecule has 0 spiro atoms. The fourth-order valence-electron chi connectivity index (χ4n) is 1.20. The molecule has 0 aliphatic heterocycles. The second kappa shape index (κ2) is 3.25. The monoisotopic (exact) mass is 272 g/mol. The van der Waals surface area contributed by atoms with Gasteiger partial charge < -0.3 is 10.2 Å². The van der Waals surface area contributed by atoms with Crippen molar-refractivity contribution in [2.75, 3.05) is 0 Å². The van der Waals surface area contributed by atoms with Gasteiger partial charge in [0.15, 0.2) is 4.88 Å². The third kappa shape index (κ3) is 1.38. The molecule has 72 valence electrons. The molecule has 0 amide bonds. The summed E-state index contributed by atoms with van der Waals surface area (Å²) in [6, 6.07) is 5.24. The summed E-state index contributed by atoms with van der Waals surface area (Å²) >= 11 is 4.35. The smallest absolute Gasteiger partial charge is 0.349 e. The van der Waals surface area contributed by atoms with E-state index in [-0.39, 0.29) is 10.6 Å². The highest BCUT2D eigenvalue weighted by Gasteiger charge is 2.16. The van der Waals surface area contributed by atoms with Gasteiger partial charge in [0, 0.05) is 14.6 Å². The fourth-order valence-corrected chi connectivity index (χ4v) is 2.69. The first-order chi connectivity index (χ1) is 6.59. The Kier molecular flexibility index (Phi) is 2.20. The molecule has 2 aromatic rings. The lowest BCUT2D eigenvalue weighted by molar-refractivity contribution is 0.0699. The Morgan fingerprint density at radius 3 is 2.79 bits per heavy atom. The number of carboxylic acids is 1. The summed E-state index contributed by atoms with van der Waals surface area (Å²) in [5.41, 5.74) is 0. The molecule has 0 fully saturated rings. The Balaban J connectivity index is 2.79. The van der Waals surface area contributed by atoms with Crippen LogP contribution in [-0.2, 0) is 0 Å². The zero-order chi connectivity index (χ0) is 10.3. The number of rotatable bonds is 1. The van der Waals surface area contributed by atoms with Gasteiger partial charge in [-0.05, 0) is 18.2 Å². The molecule has 3 nitrogen and oxygen atoms in total. The van der Waals surface area contributed by atoms with Crippen molar-refractivity contribution in [1.82, 2.24) is 0 Å². The molecule has 5 heteroatoms. The van der Waals surface area contributed by atoms with Gasteiger partial charge in [-0.3, -0.25) is 0 Å². The van der Waals surface area contributed by atoms with E-state index in [1.54, 1.807) is 18.2 Å². The van der Waals surface area contributed by atoms with Crippen LogP contribution in [0.4, 0.5) is 0 Å². The number of hydrogen-bond acceptors (Lipinski definition) is 3. The van der Waals surface area contributed by atoms with E-state index in [0.29, 0.717) is 5.39 Å². The van der Waals surface area contributed by atoms with Gasteiger partial charge in [-0.1, -0.05) is 15.9 Å². The lowest BCUT2D eigenvalue weighted by atomic mass is 10.2. The first-order valence-electron chi connectivity index (χ1n) is 3.74. The van der Waals surface area contributed by atoms with Crippen molar-refractivity contribution in [3.8, 4) is 5.75 Å². The predicted molar refractivity (Wildman–Crippen MR) is 58.1 cm³/mol. The number of carbonyl (C=O) groups is 1. The largest absolute Gasteiger partial charge is 0.505 e. The molecule has 0 saturated heterocycles. The third-order valence-corrected chi connectivity index (χ3v) is 3.44. The normalized spacial score (nSPS) is 10.6. The molecule has 0 bridgehead atoms. The molecule has 2 N–H and O–H groups in total. The first-order valence-corrected chi connectivity index (χ1v) is 5.35. The van der Waals surface area contributed by atoms with E-state index >= 15 is 0 Å². The van der Waals surface area contributed by atoms with E-state index < -0.39 is 5.97 Å². The molecule has 14 heavy (non-hydrogen) atoms. The summed E-state index contributed by atoms with van der Waals surface area (Å²) in [5, 5.41) is 18.9. The van der Waals surface area contributed by atoms with E-state index in [0.717, 1.165) is 20.5 Å². The SMILES string of the molecule is O=C(O)c1sc2cc(Br)ccc2c1O. The summed E-state index contributed by atoms with van der Waals surface area (Å²) in [5.74, 6) is -1.25. The maximum atomic E-state index is 10.7. The number of carboxylic acid groups (broad SMARTS) is 1. The second-order valence-electron chi connectivity index (χ2n) is 2.73. The number of hydrogen-bond donors (Lipinski definition) is 2. The van der Waals surface area contributed by atoms with E-state index in [1.165, 1.54) is 0 Å². The standard InChI is InChI=1S/C9H5BrO3S/c10-4-1-2-5-6(3-4)14-8(7(5)11)9(12)13/h1-3,11H,(H,12,13). The van der Waals surface area contributed by atoms with Crippen molar-refractivity contribution in [3.63, 3.8) is 0 Å². The van der Waals surface area contributed by atoms with E-state index in [9.17, 15) is 9.90 Å². The highest BCUT2D eigenvalue weighted by Crippen LogP contribution is 2.37. The van der Waals surface area contributed by atoms with Crippen LogP contribution in [0.2, 0.25) is 0 Å². The Morgan fingerprint density at radius 2 is 2.14 bits per heavy atom. The van der Waals surface area contributed by atoms with Crippen LogP contribution in [-0.4, -0.2) is 16.2 Å². The van der Waals surface area contributed by atoms with E-state index in [2.05, 4.69) is 15.9 Å². The lowest BCUT2D eigenvalue weighted by Crippen LogP contribution is -1.90. The maximum Gasteiger partial charge on any atom is 0.349 e. The molecular weight excluding hydrogens is 268 g/mol. The summed E-state index contributed by atoms with van der Waals surface area (Å²) in [4.78, 5) is 10.7. The average Bonchev–Trinajstić information content (AvgIpc) is 2.43. The quantitative estimate of drug-likeness (QED) is 0.839. The number of aromatic carboxylic acids is 1. The average molecular weight is 273 g/mol. The van der Waals surface area contributed by atoms with Crippen LogP contribution in [0.3, 0.4) is 0 Å². The Morgan fingerprint density at radius 1 is 1.43 bits per heavy atom. The van der Waals surface area contributed by atoms with Crippen LogP contribution in [0.15, 0.2) is 22.7 Å². The van der Waals surface area contributed by atoms with Crippen LogP contribution < -0.4 is 0 Å². The van der Waals surface area contributed by atoms with Gasteiger partial charge in [0.25, 0.3) is 0 Å². The van der Waals surface area contributed by atoms with Crippen molar-refractivity contribution < 1.29 is 15.0 Å². The Labute approximate surface area is 91.7 Å².